The SMILES string of the molecule is Cc1ccc(C)c(CNc2ccc3[nH]c(=O)[nH]c3c2)c1. The molecule has 3 N–H and O–H groups in total. The predicted molar refractivity (Wildman–Crippen MR) is 82.2 cm³/mol. The maximum Gasteiger partial charge on any atom is 0.323 e. The van der Waals surface area contributed by atoms with Gasteiger partial charge in [-0.3, -0.25) is 0 Å². The van der Waals surface area contributed by atoms with Gasteiger partial charge >= 0.3 is 5.69 Å². The van der Waals surface area contributed by atoms with Gasteiger partial charge in [0.2, 0.25) is 0 Å². The number of aromatic amines is 2. The number of aryl methyl sites for hydroxylation is 2. The molecule has 1 heterocycles. The fourth-order valence-corrected chi connectivity index (χ4v) is 2.33. The second kappa shape index (κ2) is 4.89. The summed E-state index contributed by atoms with van der Waals surface area (Å²) in [6, 6.07) is 12.3. The molecule has 0 aliphatic carbocycles. The lowest BCUT2D eigenvalue weighted by molar-refractivity contribution is 1.11. The van der Waals surface area contributed by atoms with Crippen LogP contribution in [0.15, 0.2) is 41.2 Å². The third-order valence-electron chi connectivity index (χ3n) is 3.50. The number of anilines is 1. The van der Waals surface area contributed by atoms with Crippen LogP contribution in [-0.4, -0.2) is 9.97 Å². The molecule has 0 aliphatic heterocycles. The molecule has 0 bridgehead atoms. The highest BCUT2D eigenvalue weighted by Crippen LogP contribution is 2.17. The van der Waals surface area contributed by atoms with Crippen LogP contribution in [0.3, 0.4) is 0 Å². The first-order chi connectivity index (χ1) is 9.61. The lowest BCUT2D eigenvalue weighted by atomic mass is 10.1. The van der Waals surface area contributed by atoms with Gasteiger partial charge in [-0.25, -0.2) is 4.79 Å². The van der Waals surface area contributed by atoms with Crippen LogP contribution in [-0.2, 0) is 6.54 Å². The summed E-state index contributed by atoms with van der Waals surface area (Å²) in [5.74, 6) is 0. The minimum Gasteiger partial charge on any atom is -0.381 e. The van der Waals surface area contributed by atoms with Gasteiger partial charge in [0.1, 0.15) is 0 Å². The first kappa shape index (κ1) is 12.5. The molecule has 0 radical (unpaired) electrons. The van der Waals surface area contributed by atoms with Gasteiger partial charge < -0.3 is 15.3 Å². The number of rotatable bonds is 3. The molecule has 3 rings (SSSR count). The van der Waals surface area contributed by atoms with E-state index in [4.69, 9.17) is 0 Å². The van der Waals surface area contributed by atoms with Gasteiger partial charge in [0.15, 0.2) is 0 Å². The summed E-state index contributed by atoms with van der Waals surface area (Å²) in [4.78, 5) is 16.7. The maximum atomic E-state index is 11.2. The molecule has 3 aromatic rings. The van der Waals surface area contributed by atoms with Gasteiger partial charge in [0.05, 0.1) is 11.0 Å². The van der Waals surface area contributed by atoms with Crippen LogP contribution >= 0.6 is 0 Å². The van der Waals surface area contributed by atoms with E-state index >= 15 is 0 Å². The Bertz CT molecular complexity index is 814. The lowest BCUT2D eigenvalue weighted by Gasteiger charge is -2.10. The number of hydrogen-bond acceptors (Lipinski definition) is 2. The van der Waals surface area contributed by atoms with Crippen molar-refractivity contribution in [3.8, 4) is 0 Å². The zero-order valence-electron chi connectivity index (χ0n) is 11.6. The molecule has 0 spiro atoms. The third kappa shape index (κ3) is 2.45. The predicted octanol–water partition coefficient (Wildman–Crippen LogP) is 3.09. The van der Waals surface area contributed by atoms with Crippen molar-refractivity contribution in [2.75, 3.05) is 5.32 Å². The van der Waals surface area contributed by atoms with Crippen LogP contribution in [0.25, 0.3) is 11.0 Å². The van der Waals surface area contributed by atoms with Gasteiger partial charge in [-0.1, -0.05) is 23.8 Å². The highest BCUT2D eigenvalue weighted by Gasteiger charge is 2.02. The minimum absolute atomic E-state index is 0.174. The van der Waals surface area contributed by atoms with E-state index in [0.717, 1.165) is 23.3 Å². The normalized spacial score (nSPS) is 10.9. The Hall–Kier alpha value is -2.49. The van der Waals surface area contributed by atoms with Crippen molar-refractivity contribution in [2.24, 2.45) is 0 Å². The highest BCUT2D eigenvalue weighted by molar-refractivity contribution is 5.78. The van der Waals surface area contributed by atoms with Gasteiger partial charge in [0, 0.05) is 12.2 Å². The largest absolute Gasteiger partial charge is 0.381 e. The van der Waals surface area contributed by atoms with Crippen molar-refractivity contribution in [1.82, 2.24) is 9.97 Å². The van der Waals surface area contributed by atoms with E-state index in [0.29, 0.717) is 0 Å². The zero-order chi connectivity index (χ0) is 14.1. The van der Waals surface area contributed by atoms with Crippen molar-refractivity contribution in [1.29, 1.82) is 0 Å². The minimum atomic E-state index is -0.174. The molecule has 20 heavy (non-hydrogen) atoms. The number of imidazole rings is 1. The van der Waals surface area contributed by atoms with Gasteiger partial charge in [0.25, 0.3) is 0 Å². The second-order valence-electron chi connectivity index (χ2n) is 5.12. The van der Waals surface area contributed by atoms with Crippen molar-refractivity contribution in [3.05, 3.63) is 63.6 Å². The Kier molecular flexibility index (Phi) is 3.06. The van der Waals surface area contributed by atoms with Crippen molar-refractivity contribution in [3.63, 3.8) is 0 Å². The van der Waals surface area contributed by atoms with Gasteiger partial charge in [-0.15, -0.1) is 0 Å². The topological polar surface area (TPSA) is 60.7 Å². The van der Waals surface area contributed by atoms with E-state index in [1.807, 2.05) is 18.2 Å². The summed E-state index contributed by atoms with van der Waals surface area (Å²) in [6.07, 6.45) is 0. The van der Waals surface area contributed by atoms with Gasteiger partial charge in [-0.2, -0.15) is 0 Å². The van der Waals surface area contributed by atoms with E-state index in [-0.39, 0.29) is 5.69 Å². The average Bonchev–Trinajstić information content (AvgIpc) is 2.79. The smallest absolute Gasteiger partial charge is 0.323 e. The number of benzene rings is 2. The standard InChI is InChI=1S/C16H17N3O/c1-10-3-4-11(2)12(7-10)9-17-13-5-6-14-15(8-13)19-16(20)18-14/h3-8,17H,9H2,1-2H3,(H2,18,19,20). The van der Waals surface area contributed by atoms with Crippen molar-refractivity contribution >= 4 is 16.7 Å². The fraction of sp³-hybridized carbons (Fsp3) is 0.188. The Labute approximate surface area is 116 Å². The number of nitrogens with one attached hydrogen (secondary N) is 3. The molecule has 0 fully saturated rings. The summed E-state index contributed by atoms with van der Waals surface area (Å²) in [6.45, 7) is 4.98. The molecule has 2 aromatic carbocycles. The molecule has 0 saturated heterocycles. The molecule has 4 heteroatoms. The van der Waals surface area contributed by atoms with Gasteiger partial charge in [-0.05, 0) is 43.2 Å². The van der Waals surface area contributed by atoms with Crippen LogP contribution in [0.1, 0.15) is 16.7 Å². The summed E-state index contributed by atoms with van der Waals surface area (Å²) in [7, 11) is 0. The average molecular weight is 267 g/mol. The monoisotopic (exact) mass is 267 g/mol. The number of aromatic nitrogens is 2. The Morgan fingerprint density at radius 3 is 2.65 bits per heavy atom. The molecule has 0 atom stereocenters. The molecule has 0 amide bonds. The first-order valence-electron chi connectivity index (χ1n) is 6.64. The zero-order valence-corrected chi connectivity index (χ0v) is 11.6. The Balaban J connectivity index is 1.82. The highest BCUT2D eigenvalue weighted by atomic mass is 16.1. The van der Waals surface area contributed by atoms with E-state index in [9.17, 15) is 4.79 Å². The lowest BCUT2D eigenvalue weighted by Crippen LogP contribution is -2.01. The summed E-state index contributed by atoms with van der Waals surface area (Å²) in [5.41, 5.74) is 6.29. The number of fused-ring (bicyclic) bond motifs is 1. The van der Waals surface area contributed by atoms with E-state index < -0.39 is 0 Å². The summed E-state index contributed by atoms with van der Waals surface area (Å²) < 4.78 is 0. The Morgan fingerprint density at radius 2 is 1.80 bits per heavy atom. The van der Waals surface area contributed by atoms with Crippen molar-refractivity contribution < 1.29 is 0 Å². The van der Waals surface area contributed by atoms with Crippen LogP contribution in [0.4, 0.5) is 5.69 Å². The maximum absolute atomic E-state index is 11.2. The van der Waals surface area contributed by atoms with Crippen molar-refractivity contribution in [2.45, 2.75) is 20.4 Å². The molecule has 0 saturated carbocycles. The van der Waals surface area contributed by atoms with E-state index in [2.05, 4.69) is 47.3 Å². The molecule has 0 aliphatic rings. The Morgan fingerprint density at radius 1 is 1.00 bits per heavy atom. The quantitative estimate of drug-likeness (QED) is 0.683. The third-order valence-corrected chi connectivity index (χ3v) is 3.50. The summed E-state index contributed by atoms with van der Waals surface area (Å²) in [5, 5.41) is 3.39. The molecule has 102 valence electrons. The second-order valence-corrected chi connectivity index (χ2v) is 5.12. The molecule has 0 unspecified atom stereocenters. The van der Waals surface area contributed by atoms with Crippen LogP contribution < -0.4 is 11.0 Å². The van der Waals surface area contributed by atoms with E-state index in [1.54, 1.807) is 0 Å². The van der Waals surface area contributed by atoms with Crippen LogP contribution in [0.2, 0.25) is 0 Å². The fourth-order valence-electron chi connectivity index (χ4n) is 2.33. The molecular formula is C16H17N3O. The molecule has 4 nitrogen and oxygen atoms in total. The van der Waals surface area contributed by atoms with Crippen LogP contribution in [0.5, 0.6) is 0 Å². The van der Waals surface area contributed by atoms with Crippen LogP contribution in [0, 0.1) is 13.8 Å². The first-order valence-corrected chi connectivity index (χ1v) is 6.64. The number of hydrogen-bond donors (Lipinski definition) is 3. The van der Waals surface area contributed by atoms with E-state index in [1.165, 1.54) is 16.7 Å². The summed E-state index contributed by atoms with van der Waals surface area (Å²) >= 11 is 0. The molecular weight excluding hydrogens is 250 g/mol. The molecule has 1 aromatic heterocycles. The number of H-pyrrole nitrogens is 2.